The number of carboxylic acid groups (broad SMARTS) is 1. The molecule has 0 saturated carbocycles. The van der Waals surface area contributed by atoms with Crippen LogP contribution in [0.5, 0.6) is 0 Å². The van der Waals surface area contributed by atoms with E-state index < -0.39 is 35.9 Å². The van der Waals surface area contributed by atoms with Gasteiger partial charge in [0.25, 0.3) is 0 Å². The van der Waals surface area contributed by atoms with Crippen molar-refractivity contribution in [1.29, 1.82) is 0 Å². The number of carbonyl (C=O) groups is 3. The lowest BCUT2D eigenvalue weighted by Gasteiger charge is -2.21. The Morgan fingerprint density at radius 1 is 1.14 bits per heavy atom. The smallest absolute Gasteiger partial charge is 0.326 e. The minimum atomic E-state index is -1.13. The molecule has 0 radical (unpaired) electrons. The average Bonchev–Trinajstić information content (AvgIpc) is 2.42. The summed E-state index contributed by atoms with van der Waals surface area (Å²) in [6.07, 6.45) is 1.54. The zero-order valence-electron chi connectivity index (χ0n) is 12.0. The van der Waals surface area contributed by atoms with Crippen molar-refractivity contribution in [1.82, 2.24) is 10.6 Å². The predicted octanol–water partition coefficient (Wildman–Crippen LogP) is -1.55. The number of rotatable bonds is 10. The molecule has 0 aliphatic heterocycles. The first kappa shape index (κ1) is 19.7. The van der Waals surface area contributed by atoms with E-state index in [1.165, 1.54) is 6.92 Å². The van der Waals surface area contributed by atoms with E-state index in [1.54, 1.807) is 0 Å². The highest BCUT2D eigenvalue weighted by molar-refractivity contribution is 7.80. The number of thiol groups is 1. The zero-order chi connectivity index (χ0) is 16.4. The first-order chi connectivity index (χ1) is 9.83. The van der Waals surface area contributed by atoms with Crippen LogP contribution in [-0.2, 0) is 14.4 Å². The Labute approximate surface area is 129 Å². The summed E-state index contributed by atoms with van der Waals surface area (Å²) in [5, 5.41) is 13.9. The molecule has 0 unspecified atom stereocenters. The molecule has 0 aromatic carbocycles. The second-order valence-electron chi connectivity index (χ2n) is 4.72. The first-order valence-corrected chi connectivity index (χ1v) is 7.36. The largest absolute Gasteiger partial charge is 0.480 e. The van der Waals surface area contributed by atoms with Crippen LogP contribution in [0, 0.1) is 0 Å². The van der Waals surface area contributed by atoms with Crippen LogP contribution in [-0.4, -0.2) is 53.3 Å². The summed E-state index contributed by atoms with van der Waals surface area (Å²) >= 11 is 3.98. The van der Waals surface area contributed by atoms with Gasteiger partial charge in [-0.3, -0.25) is 9.59 Å². The highest BCUT2D eigenvalue weighted by atomic mass is 32.1. The number of carboxylic acids is 1. The van der Waals surface area contributed by atoms with Crippen molar-refractivity contribution in [3.8, 4) is 0 Å². The van der Waals surface area contributed by atoms with Crippen LogP contribution in [0.1, 0.15) is 26.2 Å². The zero-order valence-corrected chi connectivity index (χ0v) is 12.9. The number of hydrogen-bond acceptors (Lipinski definition) is 6. The van der Waals surface area contributed by atoms with Gasteiger partial charge in [-0.1, -0.05) is 0 Å². The van der Waals surface area contributed by atoms with Gasteiger partial charge < -0.3 is 27.2 Å². The molecule has 0 fully saturated rings. The third-order valence-electron chi connectivity index (χ3n) is 2.79. The van der Waals surface area contributed by atoms with Crippen molar-refractivity contribution < 1.29 is 19.5 Å². The van der Waals surface area contributed by atoms with Crippen LogP contribution in [0.4, 0.5) is 0 Å². The van der Waals surface area contributed by atoms with E-state index >= 15 is 0 Å². The minimum Gasteiger partial charge on any atom is -0.480 e. The maximum atomic E-state index is 12.0. The van der Waals surface area contributed by atoms with Crippen LogP contribution in [0.2, 0.25) is 0 Å². The molecule has 2 amide bonds. The van der Waals surface area contributed by atoms with Crippen molar-refractivity contribution in [3.63, 3.8) is 0 Å². The Morgan fingerprint density at radius 2 is 1.71 bits per heavy atom. The van der Waals surface area contributed by atoms with Gasteiger partial charge in [0.1, 0.15) is 12.1 Å². The molecule has 0 aromatic heterocycles. The lowest BCUT2D eigenvalue weighted by atomic mass is 10.1. The predicted molar refractivity (Wildman–Crippen MR) is 81.9 cm³/mol. The summed E-state index contributed by atoms with van der Waals surface area (Å²) in [5.74, 6) is -2.19. The fourth-order valence-electron chi connectivity index (χ4n) is 1.52. The van der Waals surface area contributed by atoms with Gasteiger partial charge >= 0.3 is 5.97 Å². The lowest BCUT2D eigenvalue weighted by molar-refractivity contribution is -0.142. The molecule has 8 nitrogen and oxygen atoms in total. The number of nitrogens with two attached hydrogens (primary N) is 2. The van der Waals surface area contributed by atoms with Gasteiger partial charge in [-0.2, -0.15) is 12.6 Å². The van der Waals surface area contributed by atoms with Crippen molar-refractivity contribution >= 4 is 30.4 Å². The molecule has 21 heavy (non-hydrogen) atoms. The van der Waals surface area contributed by atoms with E-state index in [2.05, 4.69) is 23.3 Å². The van der Waals surface area contributed by atoms with Crippen LogP contribution >= 0.6 is 12.6 Å². The molecule has 3 atom stereocenters. The maximum Gasteiger partial charge on any atom is 0.326 e. The Balaban J connectivity index is 4.55. The summed E-state index contributed by atoms with van der Waals surface area (Å²) in [6, 6.07) is -2.71. The molecule has 0 spiro atoms. The van der Waals surface area contributed by atoms with Gasteiger partial charge in [-0.15, -0.1) is 0 Å². The second kappa shape index (κ2) is 10.4. The molecular weight excluding hydrogens is 296 g/mol. The number of nitrogens with one attached hydrogen (secondary N) is 2. The highest BCUT2D eigenvalue weighted by Gasteiger charge is 2.25. The van der Waals surface area contributed by atoms with Crippen molar-refractivity contribution in [2.24, 2.45) is 11.5 Å². The fraction of sp³-hybridized carbons (Fsp3) is 0.750. The van der Waals surface area contributed by atoms with E-state index in [1.807, 2.05) is 0 Å². The normalized spacial score (nSPS) is 14.9. The summed E-state index contributed by atoms with van der Waals surface area (Å²) < 4.78 is 0. The topological polar surface area (TPSA) is 148 Å². The van der Waals surface area contributed by atoms with E-state index in [0.29, 0.717) is 19.4 Å². The van der Waals surface area contributed by atoms with E-state index in [-0.39, 0.29) is 12.2 Å². The number of carbonyl (C=O) groups excluding carboxylic acids is 2. The summed E-state index contributed by atoms with van der Waals surface area (Å²) in [7, 11) is 0. The van der Waals surface area contributed by atoms with Gasteiger partial charge in [0.2, 0.25) is 11.8 Å². The van der Waals surface area contributed by atoms with Gasteiger partial charge in [0.05, 0.1) is 6.04 Å². The third-order valence-corrected chi connectivity index (χ3v) is 3.16. The highest BCUT2D eigenvalue weighted by Crippen LogP contribution is 2.02. The summed E-state index contributed by atoms with van der Waals surface area (Å²) in [4.78, 5) is 34.5. The van der Waals surface area contributed by atoms with Crippen LogP contribution in [0.25, 0.3) is 0 Å². The molecule has 0 bridgehead atoms. The Morgan fingerprint density at radius 3 is 2.14 bits per heavy atom. The maximum absolute atomic E-state index is 12.0. The number of unbranched alkanes of at least 4 members (excludes halogenated alkanes) is 1. The molecule has 7 N–H and O–H groups in total. The van der Waals surface area contributed by atoms with Crippen molar-refractivity contribution in [3.05, 3.63) is 0 Å². The van der Waals surface area contributed by atoms with Crippen LogP contribution < -0.4 is 22.1 Å². The minimum absolute atomic E-state index is 0.0411. The van der Waals surface area contributed by atoms with Gasteiger partial charge in [0, 0.05) is 5.75 Å². The molecule has 122 valence electrons. The molecule has 0 aliphatic rings. The van der Waals surface area contributed by atoms with Gasteiger partial charge in [-0.05, 0) is 32.7 Å². The number of hydrogen-bond donors (Lipinski definition) is 6. The van der Waals surface area contributed by atoms with Crippen LogP contribution in [0.3, 0.4) is 0 Å². The molecule has 0 saturated heterocycles. The monoisotopic (exact) mass is 320 g/mol. The molecule has 0 rings (SSSR count). The standard InChI is InChI=1S/C12H24N4O4S/c1-7(14)10(17)16-9(6-21)11(18)15-8(12(19)20)4-2-3-5-13/h7-9,21H,2-6,13-14H2,1H3,(H,15,18)(H,16,17)(H,19,20)/t7-,8-,9-/m0/s1. The SMILES string of the molecule is C[C@H](N)C(=O)N[C@@H](CS)C(=O)N[C@@H](CCCCN)C(=O)O. The average molecular weight is 320 g/mol. The number of amides is 2. The van der Waals surface area contributed by atoms with Crippen molar-refractivity contribution in [2.75, 3.05) is 12.3 Å². The third kappa shape index (κ3) is 7.88. The van der Waals surface area contributed by atoms with Gasteiger partial charge in [0.15, 0.2) is 0 Å². The molecule has 0 aromatic rings. The van der Waals surface area contributed by atoms with Crippen LogP contribution in [0.15, 0.2) is 0 Å². The molecular formula is C12H24N4O4S. The molecule has 9 heteroatoms. The van der Waals surface area contributed by atoms with E-state index in [4.69, 9.17) is 16.6 Å². The number of aliphatic carboxylic acids is 1. The van der Waals surface area contributed by atoms with E-state index in [9.17, 15) is 14.4 Å². The lowest BCUT2D eigenvalue weighted by Crippen LogP contribution is -2.54. The second-order valence-corrected chi connectivity index (χ2v) is 5.08. The van der Waals surface area contributed by atoms with E-state index in [0.717, 1.165) is 0 Å². The molecule has 0 aliphatic carbocycles. The van der Waals surface area contributed by atoms with Gasteiger partial charge in [-0.25, -0.2) is 4.79 Å². The Kier molecular flexibility index (Phi) is 9.76. The van der Waals surface area contributed by atoms with Crippen molar-refractivity contribution in [2.45, 2.75) is 44.3 Å². The molecule has 0 heterocycles. The Hall–Kier alpha value is -1.32. The quantitative estimate of drug-likeness (QED) is 0.212. The summed E-state index contributed by atoms with van der Waals surface area (Å²) in [5.41, 5.74) is 10.7. The fourth-order valence-corrected chi connectivity index (χ4v) is 1.78. The Bertz CT molecular complexity index is 365. The summed E-state index contributed by atoms with van der Waals surface area (Å²) in [6.45, 7) is 1.94. The first-order valence-electron chi connectivity index (χ1n) is 6.73.